The lowest BCUT2D eigenvalue weighted by Crippen LogP contribution is -1.79. The van der Waals surface area contributed by atoms with Gasteiger partial charge >= 0.3 is 0 Å². The molecule has 0 aromatic carbocycles. The molecule has 0 heterocycles. The van der Waals surface area contributed by atoms with Gasteiger partial charge in [-0.1, -0.05) is 26.2 Å². The summed E-state index contributed by atoms with van der Waals surface area (Å²) >= 11 is 4.16. The Kier molecular flexibility index (Phi) is 8.33. The van der Waals surface area contributed by atoms with Crippen LogP contribution in [-0.4, -0.2) is 5.11 Å². The molecule has 3 heteroatoms. The van der Waals surface area contributed by atoms with Gasteiger partial charge in [0.15, 0.2) is 3.77 Å². The average molecular weight is 380 g/mol. The molecule has 0 saturated carbocycles. The number of aliphatic hydroxyl groups excluding tert-OH is 1. The van der Waals surface area contributed by atoms with Crippen LogP contribution in [0.15, 0.2) is 7.35 Å². The van der Waals surface area contributed by atoms with Crippen molar-refractivity contribution in [1.29, 1.82) is 0 Å². The van der Waals surface area contributed by atoms with Gasteiger partial charge in [-0.25, -0.2) is 0 Å². The maximum atomic E-state index is 9.04. The lowest BCUT2D eigenvalue weighted by molar-refractivity contribution is 0.460. The van der Waals surface area contributed by atoms with Crippen molar-refractivity contribution in [1.82, 2.24) is 0 Å². The summed E-state index contributed by atoms with van der Waals surface area (Å²) < 4.78 is 1.55. The van der Waals surface area contributed by atoms with Crippen LogP contribution >= 0.6 is 45.2 Å². The predicted octanol–water partition coefficient (Wildman–Crippen LogP) is 4.55. The molecule has 11 heavy (non-hydrogen) atoms. The first-order valence-corrected chi connectivity index (χ1v) is 6.07. The van der Waals surface area contributed by atoms with Gasteiger partial charge in [0.1, 0.15) is 0 Å². The molecule has 66 valence electrons. The van der Waals surface area contributed by atoms with E-state index in [1.165, 1.54) is 25.7 Å². The zero-order chi connectivity index (χ0) is 8.69. The van der Waals surface area contributed by atoms with E-state index in [-0.39, 0.29) is 0 Å². The van der Waals surface area contributed by atoms with Crippen LogP contribution in [0.25, 0.3) is 0 Å². The Morgan fingerprint density at radius 3 is 2.27 bits per heavy atom. The van der Waals surface area contributed by atoms with E-state index in [0.29, 0.717) is 3.77 Å². The third kappa shape index (κ3) is 7.36. The number of rotatable bonds is 5. The second-order valence-corrected chi connectivity index (χ2v) is 4.83. The number of hydrogen-bond donors (Lipinski definition) is 1. The van der Waals surface area contributed by atoms with Gasteiger partial charge in [-0.3, -0.25) is 0 Å². The van der Waals surface area contributed by atoms with Crippen molar-refractivity contribution < 1.29 is 5.11 Å². The Bertz CT molecular complexity index is 128. The summed E-state index contributed by atoms with van der Waals surface area (Å²) in [5.74, 6) is 0. The van der Waals surface area contributed by atoms with E-state index in [1.54, 1.807) is 0 Å². The van der Waals surface area contributed by atoms with Crippen molar-refractivity contribution in [2.75, 3.05) is 0 Å². The van der Waals surface area contributed by atoms with Crippen LogP contribution in [0.3, 0.4) is 0 Å². The van der Waals surface area contributed by atoms with Crippen LogP contribution in [-0.2, 0) is 0 Å². The van der Waals surface area contributed by atoms with Gasteiger partial charge in [-0.2, -0.15) is 0 Å². The molecule has 0 fully saturated rings. The topological polar surface area (TPSA) is 20.2 Å². The zero-order valence-corrected chi connectivity index (χ0v) is 11.1. The van der Waals surface area contributed by atoms with Gasteiger partial charge in [0, 0.05) is 3.58 Å². The Morgan fingerprint density at radius 1 is 1.18 bits per heavy atom. The van der Waals surface area contributed by atoms with Crippen molar-refractivity contribution in [3.8, 4) is 0 Å². The molecule has 0 aromatic rings. The lowest BCUT2D eigenvalue weighted by Gasteiger charge is -1.98. The van der Waals surface area contributed by atoms with E-state index in [2.05, 4.69) is 29.5 Å². The van der Waals surface area contributed by atoms with Gasteiger partial charge in [0.05, 0.1) is 0 Å². The summed E-state index contributed by atoms with van der Waals surface area (Å²) in [5.41, 5.74) is 0. The molecule has 0 aromatic heterocycles. The molecule has 0 bridgehead atoms. The molecule has 0 amide bonds. The first-order chi connectivity index (χ1) is 5.18. The standard InChI is InChI=1S/C8H14I2O/c1-2-3-4-5-6-7(9)8(10)11/h11H,2-6H2,1H3/b8-7-. The number of hydrogen-bond acceptors (Lipinski definition) is 1. The maximum Gasteiger partial charge on any atom is 0.162 e. The van der Waals surface area contributed by atoms with Crippen molar-refractivity contribution in [2.45, 2.75) is 39.0 Å². The van der Waals surface area contributed by atoms with Gasteiger partial charge in [-0.05, 0) is 58.0 Å². The van der Waals surface area contributed by atoms with Crippen LogP contribution in [0.4, 0.5) is 0 Å². The normalized spacial score (nSPS) is 13.0. The van der Waals surface area contributed by atoms with Crippen molar-refractivity contribution in [3.05, 3.63) is 7.35 Å². The van der Waals surface area contributed by atoms with Crippen molar-refractivity contribution >= 4 is 45.2 Å². The molecule has 0 aliphatic heterocycles. The van der Waals surface area contributed by atoms with Crippen LogP contribution in [0.5, 0.6) is 0 Å². The van der Waals surface area contributed by atoms with Crippen molar-refractivity contribution in [3.63, 3.8) is 0 Å². The zero-order valence-electron chi connectivity index (χ0n) is 6.74. The molecule has 0 saturated heterocycles. The molecule has 1 N–H and O–H groups in total. The molecular formula is C8H14I2O. The highest BCUT2D eigenvalue weighted by Gasteiger charge is 1.97. The lowest BCUT2D eigenvalue weighted by atomic mass is 10.1. The molecule has 1 nitrogen and oxygen atoms in total. The van der Waals surface area contributed by atoms with E-state index < -0.39 is 0 Å². The number of allylic oxidation sites excluding steroid dienone is 1. The number of unbranched alkanes of at least 4 members (excludes halogenated alkanes) is 3. The number of aliphatic hydroxyl groups is 1. The molecule has 0 aliphatic carbocycles. The fraction of sp³-hybridized carbons (Fsp3) is 0.750. The van der Waals surface area contributed by atoms with Crippen LogP contribution < -0.4 is 0 Å². The fourth-order valence-corrected chi connectivity index (χ4v) is 1.46. The summed E-state index contributed by atoms with van der Waals surface area (Å²) in [4.78, 5) is 0. The summed E-state index contributed by atoms with van der Waals surface area (Å²) in [6, 6.07) is 0. The predicted molar refractivity (Wildman–Crippen MR) is 66.5 cm³/mol. The van der Waals surface area contributed by atoms with Gasteiger partial charge in [-0.15, -0.1) is 0 Å². The average Bonchev–Trinajstić information content (AvgIpc) is 1.97. The van der Waals surface area contributed by atoms with Crippen LogP contribution in [0.1, 0.15) is 39.0 Å². The minimum atomic E-state index is 0.458. The maximum absolute atomic E-state index is 9.04. The first-order valence-electron chi connectivity index (χ1n) is 3.91. The smallest absolute Gasteiger partial charge is 0.162 e. The highest BCUT2D eigenvalue weighted by molar-refractivity contribution is 14.1. The largest absolute Gasteiger partial charge is 0.502 e. The Hall–Kier alpha value is 1.00. The first kappa shape index (κ1) is 12.0. The summed E-state index contributed by atoms with van der Waals surface area (Å²) in [7, 11) is 0. The van der Waals surface area contributed by atoms with E-state index in [0.717, 1.165) is 10.0 Å². The molecule has 0 rings (SSSR count). The van der Waals surface area contributed by atoms with Crippen LogP contribution in [0.2, 0.25) is 0 Å². The van der Waals surface area contributed by atoms with Crippen LogP contribution in [0, 0.1) is 0 Å². The Morgan fingerprint density at radius 2 is 1.82 bits per heavy atom. The van der Waals surface area contributed by atoms with Gasteiger partial charge in [0.2, 0.25) is 0 Å². The summed E-state index contributed by atoms with van der Waals surface area (Å²) in [6.07, 6.45) is 6.11. The highest BCUT2D eigenvalue weighted by atomic mass is 127. The van der Waals surface area contributed by atoms with E-state index in [4.69, 9.17) is 5.11 Å². The third-order valence-electron chi connectivity index (χ3n) is 1.47. The van der Waals surface area contributed by atoms with Gasteiger partial charge < -0.3 is 5.11 Å². The Balaban J connectivity index is 3.32. The highest BCUT2D eigenvalue weighted by Crippen LogP contribution is 2.22. The minimum Gasteiger partial charge on any atom is -0.502 e. The van der Waals surface area contributed by atoms with Gasteiger partial charge in [0.25, 0.3) is 0 Å². The number of halogens is 2. The molecule has 0 radical (unpaired) electrons. The second-order valence-electron chi connectivity index (χ2n) is 2.51. The second kappa shape index (κ2) is 7.64. The SMILES string of the molecule is CCCCCC/C(I)=C(/O)I. The Labute approximate surface area is 95.9 Å². The molecule has 0 aliphatic rings. The third-order valence-corrected chi connectivity index (χ3v) is 4.21. The minimum absolute atomic E-state index is 0.458. The summed E-state index contributed by atoms with van der Waals surface area (Å²) in [6.45, 7) is 2.20. The van der Waals surface area contributed by atoms with E-state index in [9.17, 15) is 0 Å². The van der Waals surface area contributed by atoms with E-state index >= 15 is 0 Å². The molecular weight excluding hydrogens is 366 g/mol. The quantitative estimate of drug-likeness (QED) is 0.422. The van der Waals surface area contributed by atoms with Crippen molar-refractivity contribution in [2.24, 2.45) is 0 Å². The summed E-state index contributed by atoms with van der Waals surface area (Å²) in [5, 5.41) is 9.04. The molecule has 0 atom stereocenters. The molecule has 0 spiro atoms. The van der Waals surface area contributed by atoms with E-state index in [1.807, 2.05) is 22.6 Å². The monoisotopic (exact) mass is 380 g/mol. The molecule has 0 unspecified atom stereocenters. The fourth-order valence-electron chi connectivity index (χ4n) is 0.810.